The molecule has 0 fully saturated rings. The van der Waals surface area contributed by atoms with Crippen LogP contribution >= 0.6 is 11.3 Å². The Balaban J connectivity index is 1.76. The zero-order chi connectivity index (χ0) is 14.7. The van der Waals surface area contributed by atoms with E-state index in [1.807, 2.05) is 17.5 Å². The fraction of sp³-hybridized carbons (Fsp3) is 0.471. The van der Waals surface area contributed by atoms with Gasteiger partial charge in [-0.2, -0.15) is 0 Å². The van der Waals surface area contributed by atoms with Crippen LogP contribution < -0.4 is 10.2 Å². The first-order valence-corrected chi connectivity index (χ1v) is 8.66. The summed E-state index contributed by atoms with van der Waals surface area (Å²) in [5, 5.41) is 5.67. The first-order chi connectivity index (χ1) is 10.3. The highest BCUT2D eigenvalue weighted by atomic mass is 32.1. The number of hydrogen-bond acceptors (Lipinski definition) is 4. The molecule has 4 heteroatoms. The summed E-state index contributed by atoms with van der Waals surface area (Å²) in [4.78, 5) is 8.57. The molecule has 2 aromatic heterocycles. The van der Waals surface area contributed by atoms with Gasteiger partial charge in [0.1, 0.15) is 5.82 Å². The van der Waals surface area contributed by atoms with Crippen molar-refractivity contribution < 1.29 is 0 Å². The van der Waals surface area contributed by atoms with E-state index in [9.17, 15) is 0 Å². The average Bonchev–Trinajstić information content (AvgIpc) is 2.98. The third-order valence-electron chi connectivity index (χ3n) is 4.14. The van der Waals surface area contributed by atoms with Crippen LogP contribution in [0.3, 0.4) is 0 Å². The van der Waals surface area contributed by atoms with E-state index < -0.39 is 0 Å². The number of rotatable bonds is 5. The number of nitrogens with zero attached hydrogens (tertiary/aromatic N) is 2. The number of fused-ring (bicyclic) bond motifs is 1. The van der Waals surface area contributed by atoms with E-state index in [-0.39, 0.29) is 0 Å². The van der Waals surface area contributed by atoms with Gasteiger partial charge in [-0.3, -0.25) is 0 Å². The van der Waals surface area contributed by atoms with Crippen LogP contribution in [-0.4, -0.2) is 18.1 Å². The summed E-state index contributed by atoms with van der Waals surface area (Å²) < 4.78 is 0. The van der Waals surface area contributed by atoms with Gasteiger partial charge in [-0.25, -0.2) is 4.98 Å². The molecule has 0 amide bonds. The van der Waals surface area contributed by atoms with Crippen molar-refractivity contribution in [3.8, 4) is 0 Å². The molecule has 1 unspecified atom stereocenters. The molecule has 1 N–H and O–H groups in total. The van der Waals surface area contributed by atoms with Crippen LogP contribution in [0.4, 0.5) is 5.82 Å². The van der Waals surface area contributed by atoms with Gasteiger partial charge in [-0.05, 0) is 61.0 Å². The highest BCUT2D eigenvalue weighted by molar-refractivity contribution is 7.10. The topological polar surface area (TPSA) is 28.2 Å². The van der Waals surface area contributed by atoms with Crippen molar-refractivity contribution in [1.29, 1.82) is 0 Å². The second kappa shape index (κ2) is 6.58. The smallest absolute Gasteiger partial charge is 0.129 e. The van der Waals surface area contributed by atoms with Crippen molar-refractivity contribution in [3.05, 3.63) is 45.8 Å². The summed E-state index contributed by atoms with van der Waals surface area (Å²) in [5.74, 6) is 1.11. The van der Waals surface area contributed by atoms with Crippen LogP contribution in [0.25, 0.3) is 0 Å². The van der Waals surface area contributed by atoms with Crippen LogP contribution in [0.1, 0.15) is 42.3 Å². The molecule has 0 aromatic carbocycles. The summed E-state index contributed by atoms with van der Waals surface area (Å²) in [5.41, 5.74) is 2.79. The second-order valence-corrected chi connectivity index (χ2v) is 6.62. The standard InChI is InChI=1S/C17H23N3S/c1-3-7-18-12-14-4-8-19-17(11-14)20-9-5-16-15(13(20)2)6-10-21-16/h4,6,8,10-11,13,18H,3,5,7,9,12H2,1-2H3. The first kappa shape index (κ1) is 14.5. The van der Waals surface area contributed by atoms with Gasteiger partial charge >= 0.3 is 0 Å². The Morgan fingerprint density at radius 1 is 1.43 bits per heavy atom. The van der Waals surface area contributed by atoms with Gasteiger partial charge in [0.2, 0.25) is 0 Å². The zero-order valence-electron chi connectivity index (χ0n) is 12.8. The van der Waals surface area contributed by atoms with Gasteiger partial charge in [-0.15, -0.1) is 11.3 Å². The third-order valence-corrected chi connectivity index (χ3v) is 5.13. The Morgan fingerprint density at radius 3 is 3.19 bits per heavy atom. The SMILES string of the molecule is CCCNCc1ccnc(N2CCc3sccc3C2C)c1. The maximum Gasteiger partial charge on any atom is 0.129 e. The molecule has 0 bridgehead atoms. The van der Waals surface area contributed by atoms with Gasteiger partial charge < -0.3 is 10.2 Å². The summed E-state index contributed by atoms with van der Waals surface area (Å²) in [6.07, 6.45) is 4.24. The lowest BCUT2D eigenvalue weighted by atomic mass is 10.0. The van der Waals surface area contributed by atoms with Crippen molar-refractivity contribution in [1.82, 2.24) is 10.3 Å². The highest BCUT2D eigenvalue weighted by Gasteiger charge is 2.25. The summed E-state index contributed by atoms with van der Waals surface area (Å²) in [6.45, 7) is 7.53. The fourth-order valence-corrected chi connectivity index (χ4v) is 3.92. The molecular weight excluding hydrogens is 278 g/mol. The van der Waals surface area contributed by atoms with Gasteiger partial charge in [0.25, 0.3) is 0 Å². The summed E-state index contributed by atoms with van der Waals surface area (Å²) in [7, 11) is 0. The van der Waals surface area contributed by atoms with Crippen LogP contribution in [0.15, 0.2) is 29.8 Å². The third kappa shape index (κ3) is 3.11. The monoisotopic (exact) mass is 301 g/mol. The predicted molar refractivity (Wildman–Crippen MR) is 90.0 cm³/mol. The Labute approximate surface area is 131 Å². The molecule has 1 aliphatic heterocycles. The van der Waals surface area contributed by atoms with E-state index >= 15 is 0 Å². The van der Waals surface area contributed by atoms with Crippen molar-refractivity contribution in [2.75, 3.05) is 18.0 Å². The van der Waals surface area contributed by atoms with E-state index in [1.165, 1.54) is 17.5 Å². The van der Waals surface area contributed by atoms with Crippen LogP contribution in [0.2, 0.25) is 0 Å². The lowest BCUT2D eigenvalue weighted by Gasteiger charge is -2.34. The lowest BCUT2D eigenvalue weighted by molar-refractivity contribution is 0.623. The van der Waals surface area contributed by atoms with E-state index in [1.54, 1.807) is 4.88 Å². The molecule has 0 saturated heterocycles. The molecule has 2 aromatic rings. The van der Waals surface area contributed by atoms with E-state index in [4.69, 9.17) is 0 Å². The molecule has 0 saturated carbocycles. The number of pyridine rings is 1. The van der Waals surface area contributed by atoms with Crippen molar-refractivity contribution in [2.24, 2.45) is 0 Å². The molecule has 0 radical (unpaired) electrons. The summed E-state index contributed by atoms with van der Waals surface area (Å²) >= 11 is 1.89. The van der Waals surface area contributed by atoms with E-state index in [0.29, 0.717) is 6.04 Å². The normalized spacial score (nSPS) is 17.8. The lowest BCUT2D eigenvalue weighted by Crippen LogP contribution is -2.33. The fourth-order valence-electron chi connectivity index (χ4n) is 2.96. The second-order valence-electron chi connectivity index (χ2n) is 5.62. The van der Waals surface area contributed by atoms with E-state index in [0.717, 1.165) is 31.9 Å². The predicted octanol–water partition coefficient (Wildman–Crippen LogP) is 3.77. The van der Waals surface area contributed by atoms with Gasteiger partial charge in [-0.1, -0.05) is 6.92 Å². The number of thiophene rings is 1. The number of anilines is 1. The Bertz CT molecular complexity index is 593. The van der Waals surface area contributed by atoms with Gasteiger partial charge in [0.15, 0.2) is 0 Å². The molecule has 1 aliphatic rings. The van der Waals surface area contributed by atoms with Crippen molar-refractivity contribution >= 4 is 17.2 Å². The number of aromatic nitrogens is 1. The molecule has 21 heavy (non-hydrogen) atoms. The Morgan fingerprint density at radius 2 is 2.33 bits per heavy atom. The van der Waals surface area contributed by atoms with Gasteiger partial charge in [0, 0.05) is 24.2 Å². The number of nitrogens with one attached hydrogen (secondary N) is 1. The largest absolute Gasteiger partial charge is 0.349 e. The molecule has 112 valence electrons. The van der Waals surface area contributed by atoms with Crippen LogP contribution in [0.5, 0.6) is 0 Å². The molecule has 3 heterocycles. The van der Waals surface area contributed by atoms with Crippen molar-refractivity contribution in [3.63, 3.8) is 0 Å². The maximum atomic E-state index is 4.60. The van der Waals surface area contributed by atoms with Gasteiger partial charge in [0.05, 0.1) is 6.04 Å². The molecule has 1 atom stereocenters. The Kier molecular flexibility index (Phi) is 4.56. The number of hydrogen-bond donors (Lipinski definition) is 1. The van der Waals surface area contributed by atoms with Crippen LogP contribution in [0, 0.1) is 0 Å². The molecule has 3 nitrogen and oxygen atoms in total. The van der Waals surface area contributed by atoms with E-state index in [2.05, 4.69) is 52.6 Å². The minimum atomic E-state index is 0.423. The molecule has 3 rings (SSSR count). The Hall–Kier alpha value is -1.39. The quantitative estimate of drug-likeness (QED) is 0.852. The minimum absolute atomic E-state index is 0.423. The van der Waals surface area contributed by atoms with Crippen molar-refractivity contribution in [2.45, 2.75) is 39.3 Å². The molecule has 0 spiro atoms. The van der Waals surface area contributed by atoms with Crippen LogP contribution in [-0.2, 0) is 13.0 Å². The zero-order valence-corrected chi connectivity index (χ0v) is 13.6. The first-order valence-electron chi connectivity index (χ1n) is 7.78. The maximum absolute atomic E-state index is 4.60. The molecule has 0 aliphatic carbocycles. The highest BCUT2D eigenvalue weighted by Crippen LogP contribution is 2.35. The molecular formula is C17H23N3S. The summed E-state index contributed by atoms with van der Waals surface area (Å²) in [6, 6.07) is 7.03. The minimum Gasteiger partial charge on any atom is -0.349 e. The average molecular weight is 301 g/mol.